The molecule has 0 N–H and O–H groups in total. The van der Waals surface area contributed by atoms with Gasteiger partial charge in [-0.25, -0.2) is 4.79 Å². The van der Waals surface area contributed by atoms with Crippen molar-refractivity contribution in [3.63, 3.8) is 0 Å². The summed E-state index contributed by atoms with van der Waals surface area (Å²) in [4.78, 5) is 41.3. The van der Waals surface area contributed by atoms with E-state index in [2.05, 4.69) is 0 Å². The Labute approximate surface area is 223 Å². The fraction of sp³-hybridized carbons (Fsp3) is 0.207. The molecule has 4 aromatic rings. The van der Waals surface area contributed by atoms with E-state index in [0.717, 1.165) is 18.4 Å². The first kappa shape index (κ1) is 25.1. The lowest BCUT2D eigenvalue weighted by Gasteiger charge is -2.25. The molecule has 8 heteroatoms. The third-order valence-electron chi connectivity index (χ3n) is 6.40. The van der Waals surface area contributed by atoms with Crippen LogP contribution < -0.4 is 10.3 Å². The minimum Gasteiger partial charge on any atom is -0.462 e. The van der Waals surface area contributed by atoms with Gasteiger partial charge in [-0.1, -0.05) is 54.2 Å². The van der Waals surface area contributed by atoms with E-state index in [1.165, 1.54) is 4.90 Å². The number of ether oxygens (including phenoxy) is 1. The Morgan fingerprint density at radius 1 is 1.00 bits per heavy atom. The quantitative estimate of drug-likeness (QED) is 0.194. The van der Waals surface area contributed by atoms with E-state index in [1.807, 2.05) is 19.9 Å². The van der Waals surface area contributed by atoms with E-state index in [4.69, 9.17) is 32.4 Å². The summed E-state index contributed by atoms with van der Waals surface area (Å²) in [5.41, 5.74) is 2.62. The van der Waals surface area contributed by atoms with E-state index in [0.29, 0.717) is 44.4 Å². The maximum Gasteiger partial charge on any atom is 0.338 e. The van der Waals surface area contributed by atoms with Gasteiger partial charge in [0.05, 0.1) is 39.2 Å². The molecule has 5 rings (SSSR count). The van der Waals surface area contributed by atoms with Gasteiger partial charge in [0.2, 0.25) is 5.76 Å². The van der Waals surface area contributed by atoms with Crippen molar-refractivity contribution in [2.24, 2.45) is 0 Å². The second-order valence-corrected chi connectivity index (χ2v) is 9.78. The molecular weight excluding hydrogens is 513 g/mol. The zero-order chi connectivity index (χ0) is 26.3. The van der Waals surface area contributed by atoms with Crippen LogP contribution in [0.1, 0.15) is 63.4 Å². The Kier molecular flexibility index (Phi) is 6.80. The minimum atomic E-state index is -0.805. The molecule has 1 atom stereocenters. The van der Waals surface area contributed by atoms with Crippen LogP contribution in [0, 0.1) is 6.92 Å². The summed E-state index contributed by atoms with van der Waals surface area (Å²) in [7, 11) is 0. The number of carbonyl (C=O) groups excluding carboxylic acids is 2. The molecule has 0 bridgehead atoms. The van der Waals surface area contributed by atoms with Crippen molar-refractivity contribution in [2.45, 2.75) is 32.7 Å². The summed E-state index contributed by atoms with van der Waals surface area (Å²) in [6.45, 7) is 4.24. The van der Waals surface area contributed by atoms with Crippen LogP contribution in [-0.2, 0) is 4.74 Å². The van der Waals surface area contributed by atoms with Crippen LogP contribution in [0.4, 0.5) is 5.69 Å². The van der Waals surface area contributed by atoms with Gasteiger partial charge < -0.3 is 9.15 Å². The van der Waals surface area contributed by atoms with Gasteiger partial charge >= 0.3 is 5.97 Å². The van der Waals surface area contributed by atoms with Gasteiger partial charge in [0.1, 0.15) is 5.58 Å². The summed E-state index contributed by atoms with van der Waals surface area (Å²) in [6, 6.07) is 16.0. The largest absolute Gasteiger partial charge is 0.462 e. The number of aryl methyl sites for hydroxylation is 1. The summed E-state index contributed by atoms with van der Waals surface area (Å²) < 4.78 is 11.3. The van der Waals surface area contributed by atoms with Crippen LogP contribution >= 0.6 is 23.2 Å². The average molecular weight is 536 g/mol. The van der Waals surface area contributed by atoms with E-state index in [1.54, 1.807) is 54.6 Å². The maximum absolute atomic E-state index is 13.7. The number of unbranched alkanes of at least 4 members (excludes halogenated alkanes) is 1. The highest BCUT2D eigenvalue weighted by Crippen LogP contribution is 2.42. The maximum atomic E-state index is 13.7. The molecule has 0 aliphatic carbocycles. The first-order valence-corrected chi connectivity index (χ1v) is 12.7. The number of nitrogens with zero attached hydrogens (tertiary/aromatic N) is 1. The SMILES string of the molecule is CCCCOC(=O)c1ccc(N2C(=O)c3oc4ccc(C)cc4c(=O)c3C2c2ccc(Cl)c(Cl)c2)cc1. The molecule has 1 aromatic heterocycles. The predicted molar refractivity (Wildman–Crippen MR) is 144 cm³/mol. The number of hydrogen-bond donors (Lipinski definition) is 0. The molecule has 0 fully saturated rings. The van der Waals surface area contributed by atoms with Gasteiger partial charge in [0, 0.05) is 5.69 Å². The molecule has 1 aliphatic heterocycles. The van der Waals surface area contributed by atoms with Gasteiger partial charge in [-0.3, -0.25) is 14.5 Å². The zero-order valence-electron chi connectivity index (χ0n) is 20.2. The molecule has 0 saturated carbocycles. The highest BCUT2D eigenvalue weighted by molar-refractivity contribution is 6.42. The van der Waals surface area contributed by atoms with E-state index in [9.17, 15) is 14.4 Å². The first-order valence-electron chi connectivity index (χ1n) is 11.9. The van der Waals surface area contributed by atoms with Gasteiger partial charge in [0.15, 0.2) is 5.43 Å². The molecule has 0 radical (unpaired) electrons. The topological polar surface area (TPSA) is 76.8 Å². The number of amides is 1. The monoisotopic (exact) mass is 535 g/mol. The Hall–Kier alpha value is -3.61. The fourth-order valence-electron chi connectivity index (χ4n) is 4.50. The molecular formula is C29H23Cl2NO5. The van der Waals surface area contributed by atoms with Gasteiger partial charge in [-0.05, 0) is 67.4 Å². The summed E-state index contributed by atoms with van der Waals surface area (Å²) in [5, 5.41) is 1.04. The smallest absolute Gasteiger partial charge is 0.338 e. The minimum absolute atomic E-state index is 0.0273. The third kappa shape index (κ3) is 4.52. The zero-order valence-corrected chi connectivity index (χ0v) is 21.7. The molecule has 1 amide bonds. The van der Waals surface area contributed by atoms with Crippen molar-refractivity contribution >= 4 is 51.7 Å². The summed E-state index contributed by atoms with van der Waals surface area (Å²) >= 11 is 12.5. The molecule has 2 heterocycles. The lowest BCUT2D eigenvalue weighted by molar-refractivity contribution is 0.0499. The highest BCUT2D eigenvalue weighted by Gasteiger charge is 2.43. The summed E-state index contributed by atoms with van der Waals surface area (Å²) in [6.07, 6.45) is 1.70. The lowest BCUT2D eigenvalue weighted by atomic mass is 9.98. The van der Waals surface area contributed by atoms with Crippen LogP contribution in [0.3, 0.4) is 0 Å². The molecule has 1 aliphatic rings. The van der Waals surface area contributed by atoms with Crippen molar-refractivity contribution in [2.75, 3.05) is 11.5 Å². The number of fused-ring (bicyclic) bond motifs is 2. The van der Waals surface area contributed by atoms with Crippen LogP contribution in [0.5, 0.6) is 0 Å². The highest BCUT2D eigenvalue weighted by atomic mass is 35.5. The first-order chi connectivity index (χ1) is 17.8. The Morgan fingerprint density at radius 3 is 2.46 bits per heavy atom. The second kappa shape index (κ2) is 10.0. The summed E-state index contributed by atoms with van der Waals surface area (Å²) in [5.74, 6) is -0.931. The van der Waals surface area contributed by atoms with Crippen LogP contribution in [-0.4, -0.2) is 18.5 Å². The Balaban J connectivity index is 1.64. The number of rotatable bonds is 6. The van der Waals surface area contributed by atoms with Crippen molar-refractivity contribution in [3.8, 4) is 0 Å². The van der Waals surface area contributed by atoms with Crippen LogP contribution in [0.2, 0.25) is 10.0 Å². The fourth-order valence-corrected chi connectivity index (χ4v) is 4.81. The number of anilines is 1. The number of hydrogen-bond acceptors (Lipinski definition) is 5. The Bertz CT molecular complexity index is 1590. The number of esters is 1. The van der Waals surface area contributed by atoms with E-state index in [-0.39, 0.29) is 16.8 Å². The molecule has 3 aromatic carbocycles. The van der Waals surface area contributed by atoms with Crippen LogP contribution in [0.15, 0.2) is 69.9 Å². The molecule has 6 nitrogen and oxygen atoms in total. The third-order valence-corrected chi connectivity index (χ3v) is 7.14. The molecule has 1 unspecified atom stereocenters. The standard InChI is InChI=1S/C29H23Cl2NO5/c1-3-4-13-36-29(35)17-6-9-19(10-7-17)32-25(18-8-11-21(30)22(31)15-18)24-26(33)20-14-16(2)5-12-23(20)37-27(24)28(32)34/h5-12,14-15,25H,3-4,13H2,1-2H3. The number of benzene rings is 3. The normalized spacial score (nSPS) is 14.8. The molecule has 188 valence electrons. The predicted octanol–water partition coefficient (Wildman–Crippen LogP) is 7.11. The average Bonchev–Trinajstić information content (AvgIpc) is 3.18. The lowest BCUT2D eigenvalue weighted by Crippen LogP contribution is -2.29. The van der Waals surface area contributed by atoms with Crippen molar-refractivity contribution < 1.29 is 18.7 Å². The number of halogens is 2. The van der Waals surface area contributed by atoms with Crippen molar-refractivity contribution in [3.05, 3.63) is 109 Å². The Morgan fingerprint density at radius 2 is 1.76 bits per heavy atom. The van der Waals surface area contributed by atoms with Gasteiger partial charge in [-0.15, -0.1) is 0 Å². The number of carbonyl (C=O) groups is 2. The van der Waals surface area contributed by atoms with E-state index >= 15 is 0 Å². The molecule has 0 saturated heterocycles. The van der Waals surface area contributed by atoms with Crippen molar-refractivity contribution in [1.29, 1.82) is 0 Å². The van der Waals surface area contributed by atoms with Crippen molar-refractivity contribution in [1.82, 2.24) is 0 Å². The van der Waals surface area contributed by atoms with E-state index < -0.39 is 17.9 Å². The second-order valence-electron chi connectivity index (χ2n) is 8.96. The van der Waals surface area contributed by atoms with Gasteiger partial charge in [-0.2, -0.15) is 0 Å². The molecule has 0 spiro atoms. The van der Waals surface area contributed by atoms with Gasteiger partial charge in [0.25, 0.3) is 5.91 Å². The van der Waals surface area contributed by atoms with Crippen LogP contribution in [0.25, 0.3) is 11.0 Å². The molecule has 37 heavy (non-hydrogen) atoms.